The van der Waals surface area contributed by atoms with Crippen LogP contribution in [0.3, 0.4) is 0 Å². The van der Waals surface area contributed by atoms with Crippen molar-refractivity contribution < 1.29 is 19.1 Å². The molecular formula is C17H30N2O4. The van der Waals surface area contributed by atoms with Gasteiger partial charge < -0.3 is 19.7 Å². The number of nitrogens with one attached hydrogen (secondary N) is 1. The van der Waals surface area contributed by atoms with Crippen molar-refractivity contribution in [1.82, 2.24) is 10.2 Å². The van der Waals surface area contributed by atoms with Gasteiger partial charge in [-0.2, -0.15) is 0 Å². The molecule has 6 heteroatoms. The van der Waals surface area contributed by atoms with Gasteiger partial charge in [-0.15, -0.1) is 0 Å². The zero-order valence-electron chi connectivity index (χ0n) is 14.9. The van der Waals surface area contributed by atoms with Crippen LogP contribution in [0.4, 0.5) is 4.79 Å². The van der Waals surface area contributed by atoms with E-state index in [-0.39, 0.29) is 11.9 Å². The van der Waals surface area contributed by atoms with Gasteiger partial charge in [0.25, 0.3) is 0 Å². The Morgan fingerprint density at radius 3 is 2.43 bits per heavy atom. The minimum atomic E-state index is -0.715. The van der Waals surface area contributed by atoms with Gasteiger partial charge in [-0.25, -0.2) is 4.79 Å². The number of amides is 2. The van der Waals surface area contributed by atoms with Crippen LogP contribution in [0.15, 0.2) is 0 Å². The summed E-state index contributed by atoms with van der Waals surface area (Å²) in [4.78, 5) is 26.9. The highest BCUT2D eigenvalue weighted by Crippen LogP contribution is 2.43. The molecule has 2 amide bonds. The van der Waals surface area contributed by atoms with E-state index in [0.29, 0.717) is 17.9 Å². The van der Waals surface area contributed by atoms with Crippen molar-refractivity contribution in [3.8, 4) is 0 Å². The van der Waals surface area contributed by atoms with Gasteiger partial charge in [-0.3, -0.25) is 4.79 Å². The molecule has 1 N–H and O–H groups in total. The van der Waals surface area contributed by atoms with E-state index in [0.717, 1.165) is 12.8 Å². The molecule has 0 aromatic carbocycles. The Labute approximate surface area is 138 Å². The molecule has 5 atom stereocenters. The van der Waals surface area contributed by atoms with Crippen LogP contribution in [0.5, 0.6) is 0 Å². The molecule has 0 bridgehead atoms. The molecule has 1 aliphatic carbocycles. The van der Waals surface area contributed by atoms with E-state index in [1.165, 1.54) is 20.0 Å². The highest BCUT2D eigenvalue weighted by molar-refractivity contribution is 5.87. The summed E-state index contributed by atoms with van der Waals surface area (Å²) in [7, 11) is 2.85. The van der Waals surface area contributed by atoms with Gasteiger partial charge in [0.05, 0.1) is 13.2 Å². The molecule has 4 unspecified atom stereocenters. The zero-order chi connectivity index (χ0) is 17.1. The van der Waals surface area contributed by atoms with Crippen LogP contribution in [0, 0.1) is 11.8 Å². The third-order valence-corrected chi connectivity index (χ3v) is 5.47. The molecule has 0 radical (unpaired) electrons. The standard InChI is InChI=1S/C17H30N2O4/c1-10(2)14-9-12-7-6-8-13(12)19(14)16(20)15(11(3)22-4)18-17(21)23-5/h10-15H,6-9H2,1-5H3,(H,18,21)/t11?,12-,13?,14?,15?/m0/s1. The Morgan fingerprint density at radius 1 is 1.17 bits per heavy atom. The van der Waals surface area contributed by atoms with E-state index in [1.807, 2.05) is 4.90 Å². The summed E-state index contributed by atoms with van der Waals surface area (Å²) in [6.45, 7) is 6.12. The number of fused-ring (bicyclic) bond motifs is 1. The Morgan fingerprint density at radius 2 is 1.87 bits per heavy atom. The number of rotatable bonds is 5. The molecule has 23 heavy (non-hydrogen) atoms. The predicted molar refractivity (Wildman–Crippen MR) is 87.0 cm³/mol. The maximum Gasteiger partial charge on any atom is 0.407 e. The summed E-state index contributed by atoms with van der Waals surface area (Å²) in [6.07, 6.45) is 3.50. The first-order chi connectivity index (χ1) is 10.9. The second-order valence-corrected chi connectivity index (χ2v) is 7.11. The van der Waals surface area contributed by atoms with Crippen LogP contribution in [-0.2, 0) is 14.3 Å². The van der Waals surface area contributed by atoms with Crippen molar-refractivity contribution in [2.45, 2.75) is 70.7 Å². The molecule has 1 aliphatic heterocycles. The second kappa shape index (κ2) is 7.51. The van der Waals surface area contributed by atoms with Gasteiger partial charge in [0.15, 0.2) is 0 Å². The van der Waals surface area contributed by atoms with Gasteiger partial charge in [0.1, 0.15) is 6.04 Å². The highest BCUT2D eigenvalue weighted by atomic mass is 16.5. The minimum absolute atomic E-state index is 0.0437. The minimum Gasteiger partial charge on any atom is -0.453 e. The molecule has 1 saturated carbocycles. The summed E-state index contributed by atoms with van der Waals surface area (Å²) < 4.78 is 10.0. The maximum atomic E-state index is 13.2. The van der Waals surface area contributed by atoms with Crippen LogP contribution in [0.1, 0.15) is 46.5 Å². The number of hydrogen-bond donors (Lipinski definition) is 1. The summed E-state index contributed by atoms with van der Waals surface area (Å²) in [5, 5.41) is 2.66. The molecule has 6 nitrogen and oxygen atoms in total. The van der Waals surface area contributed by atoms with Crippen molar-refractivity contribution >= 4 is 12.0 Å². The monoisotopic (exact) mass is 326 g/mol. The van der Waals surface area contributed by atoms with E-state index in [4.69, 9.17) is 4.74 Å². The number of carbonyl (C=O) groups excluding carboxylic acids is 2. The van der Waals surface area contributed by atoms with Crippen molar-refractivity contribution in [3.05, 3.63) is 0 Å². The molecule has 0 aromatic rings. The van der Waals surface area contributed by atoms with Crippen LogP contribution in [0.2, 0.25) is 0 Å². The maximum absolute atomic E-state index is 13.2. The third-order valence-electron chi connectivity index (χ3n) is 5.47. The second-order valence-electron chi connectivity index (χ2n) is 7.11. The Bertz CT molecular complexity index is 440. The predicted octanol–water partition coefficient (Wildman–Crippen LogP) is 2.17. The molecule has 0 spiro atoms. The quantitative estimate of drug-likeness (QED) is 0.841. The van der Waals surface area contributed by atoms with Crippen LogP contribution in [0.25, 0.3) is 0 Å². The number of methoxy groups -OCH3 is 2. The van der Waals surface area contributed by atoms with E-state index >= 15 is 0 Å². The first kappa shape index (κ1) is 18.0. The summed E-state index contributed by atoms with van der Waals surface area (Å²) in [5.41, 5.74) is 0. The van der Waals surface area contributed by atoms with Crippen LogP contribution >= 0.6 is 0 Å². The lowest BCUT2D eigenvalue weighted by atomic mass is 9.96. The fourth-order valence-electron chi connectivity index (χ4n) is 4.11. The van der Waals surface area contributed by atoms with E-state index in [1.54, 1.807) is 14.0 Å². The average molecular weight is 326 g/mol. The first-order valence-electron chi connectivity index (χ1n) is 8.60. The van der Waals surface area contributed by atoms with Gasteiger partial charge in [0.2, 0.25) is 5.91 Å². The van der Waals surface area contributed by atoms with Crippen molar-refractivity contribution in [2.75, 3.05) is 14.2 Å². The summed E-state index contributed by atoms with van der Waals surface area (Å²) in [6, 6.07) is -0.169. The van der Waals surface area contributed by atoms with E-state index in [9.17, 15) is 9.59 Å². The van der Waals surface area contributed by atoms with Gasteiger partial charge >= 0.3 is 6.09 Å². The van der Waals surface area contributed by atoms with E-state index < -0.39 is 18.2 Å². The highest BCUT2D eigenvalue weighted by Gasteiger charge is 2.48. The number of carbonyl (C=O) groups is 2. The van der Waals surface area contributed by atoms with Crippen LogP contribution < -0.4 is 5.32 Å². The Kier molecular flexibility index (Phi) is 5.89. The number of ether oxygens (including phenoxy) is 2. The lowest BCUT2D eigenvalue weighted by Crippen LogP contribution is -2.57. The number of likely N-dealkylation sites (tertiary alicyclic amines) is 1. The topological polar surface area (TPSA) is 67.9 Å². The van der Waals surface area contributed by atoms with Gasteiger partial charge in [-0.05, 0) is 38.0 Å². The van der Waals surface area contributed by atoms with Crippen molar-refractivity contribution in [3.63, 3.8) is 0 Å². The fraction of sp³-hybridized carbons (Fsp3) is 0.882. The summed E-state index contributed by atoms with van der Waals surface area (Å²) >= 11 is 0. The zero-order valence-corrected chi connectivity index (χ0v) is 14.9. The first-order valence-corrected chi connectivity index (χ1v) is 8.60. The van der Waals surface area contributed by atoms with E-state index in [2.05, 4.69) is 23.9 Å². The van der Waals surface area contributed by atoms with Crippen molar-refractivity contribution in [2.24, 2.45) is 11.8 Å². The largest absolute Gasteiger partial charge is 0.453 e. The SMILES string of the molecule is COC(=O)NC(C(=O)N1C(C(C)C)C[C@@H]2CCCC21)C(C)OC. The number of hydrogen-bond acceptors (Lipinski definition) is 4. The van der Waals surface area contributed by atoms with Gasteiger partial charge in [0, 0.05) is 19.2 Å². The number of nitrogens with zero attached hydrogens (tertiary/aromatic N) is 1. The fourth-order valence-corrected chi connectivity index (χ4v) is 4.11. The molecular weight excluding hydrogens is 296 g/mol. The number of alkyl carbamates (subject to hydrolysis) is 1. The Hall–Kier alpha value is -1.30. The average Bonchev–Trinajstić information content (AvgIpc) is 3.11. The molecule has 1 heterocycles. The molecule has 1 saturated heterocycles. The molecule has 132 valence electrons. The molecule has 2 rings (SSSR count). The van der Waals surface area contributed by atoms with Crippen molar-refractivity contribution in [1.29, 1.82) is 0 Å². The summed E-state index contributed by atoms with van der Waals surface area (Å²) in [5.74, 6) is 0.960. The molecule has 0 aromatic heterocycles. The Balaban J connectivity index is 2.23. The lowest BCUT2D eigenvalue weighted by Gasteiger charge is -2.36. The lowest BCUT2D eigenvalue weighted by molar-refractivity contribution is -0.140. The van der Waals surface area contributed by atoms with Gasteiger partial charge in [-0.1, -0.05) is 20.3 Å². The molecule has 2 aliphatic rings. The third kappa shape index (κ3) is 3.62. The smallest absolute Gasteiger partial charge is 0.407 e. The molecule has 2 fully saturated rings. The van der Waals surface area contributed by atoms with Crippen LogP contribution in [-0.4, -0.2) is 55.3 Å². The normalized spacial score (nSPS) is 29.3.